The van der Waals surface area contributed by atoms with Gasteiger partial charge >= 0.3 is 0 Å². The first kappa shape index (κ1) is 8.97. The van der Waals surface area contributed by atoms with E-state index in [4.69, 9.17) is 17.0 Å². The number of para-hydroxylation sites is 2. The minimum Gasteiger partial charge on any atom is -0.489 e. The molecule has 0 bridgehead atoms. The average Bonchev–Trinajstić information content (AvgIpc) is 2.55. The van der Waals surface area contributed by atoms with Crippen molar-refractivity contribution in [3.8, 4) is 5.75 Å². The van der Waals surface area contributed by atoms with Gasteiger partial charge in [0.2, 0.25) is 0 Å². The molecule has 1 unspecified atom stereocenters. The summed E-state index contributed by atoms with van der Waals surface area (Å²) in [5, 5.41) is 0.899. The third-order valence-electron chi connectivity index (χ3n) is 2.94. The molecule has 0 spiro atoms. The van der Waals surface area contributed by atoms with Crippen LogP contribution in [0.1, 0.15) is 0 Å². The van der Waals surface area contributed by atoms with E-state index in [0.29, 0.717) is 6.04 Å². The predicted molar refractivity (Wildman–Crippen MR) is 63.4 cm³/mol. The quantitative estimate of drug-likeness (QED) is 0.615. The Bertz CT molecular complexity index is 421. The van der Waals surface area contributed by atoms with Crippen molar-refractivity contribution in [1.29, 1.82) is 0 Å². The molecule has 2 aliphatic heterocycles. The zero-order valence-corrected chi connectivity index (χ0v) is 9.33. The normalized spacial score (nSPS) is 23.5. The van der Waals surface area contributed by atoms with E-state index in [2.05, 4.69) is 15.9 Å². The van der Waals surface area contributed by atoms with Gasteiger partial charge in [-0.15, -0.1) is 0 Å². The van der Waals surface area contributed by atoms with Crippen molar-refractivity contribution in [3.05, 3.63) is 24.3 Å². The van der Waals surface area contributed by atoms with Crippen LogP contribution in [0.25, 0.3) is 0 Å². The predicted octanol–water partition coefficient (Wildman–Crippen LogP) is 1.48. The highest BCUT2D eigenvalue weighted by Gasteiger charge is 2.37. The first-order chi connectivity index (χ1) is 7.27. The molecule has 0 N–H and O–H groups in total. The van der Waals surface area contributed by atoms with Gasteiger partial charge in [0.05, 0.1) is 11.7 Å². The summed E-state index contributed by atoms with van der Waals surface area (Å²) in [6.07, 6.45) is 0. The smallest absolute Gasteiger partial charge is 0.176 e. The summed E-state index contributed by atoms with van der Waals surface area (Å²) in [6, 6.07) is 8.44. The van der Waals surface area contributed by atoms with Gasteiger partial charge in [0.25, 0.3) is 0 Å². The van der Waals surface area contributed by atoms with Crippen LogP contribution >= 0.6 is 12.2 Å². The summed E-state index contributed by atoms with van der Waals surface area (Å²) in [4.78, 5) is 4.31. The third-order valence-corrected chi connectivity index (χ3v) is 3.45. The standard InChI is InChI=1S/C11H12N2OS/c1-12-6-8-7-14-10-5-3-2-4-9(10)13(8)11(12)15/h2-5,8H,6-7H2,1H3. The van der Waals surface area contributed by atoms with Gasteiger partial charge in [-0.3, -0.25) is 0 Å². The number of likely N-dealkylation sites (N-methyl/N-ethyl adjacent to an activating group) is 1. The van der Waals surface area contributed by atoms with E-state index < -0.39 is 0 Å². The Labute approximate surface area is 94.2 Å². The van der Waals surface area contributed by atoms with Gasteiger partial charge in [0.1, 0.15) is 12.4 Å². The number of rotatable bonds is 0. The molecule has 3 rings (SSSR count). The van der Waals surface area contributed by atoms with Crippen molar-refractivity contribution in [2.45, 2.75) is 6.04 Å². The van der Waals surface area contributed by atoms with Crippen LogP contribution in [0, 0.1) is 0 Å². The van der Waals surface area contributed by atoms with Gasteiger partial charge in [-0.25, -0.2) is 0 Å². The van der Waals surface area contributed by atoms with Gasteiger partial charge < -0.3 is 14.5 Å². The highest BCUT2D eigenvalue weighted by molar-refractivity contribution is 7.80. The van der Waals surface area contributed by atoms with Gasteiger partial charge in [-0.1, -0.05) is 12.1 Å². The number of benzene rings is 1. The first-order valence-corrected chi connectivity index (χ1v) is 5.44. The molecule has 2 heterocycles. The topological polar surface area (TPSA) is 15.7 Å². The fourth-order valence-electron chi connectivity index (χ4n) is 2.21. The number of thiocarbonyl (C=S) groups is 1. The molecule has 1 saturated heterocycles. The van der Waals surface area contributed by atoms with Crippen molar-refractivity contribution in [2.24, 2.45) is 0 Å². The molecule has 0 aliphatic carbocycles. The Morgan fingerprint density at radius 1 is 1.40 bits per heavy atom. The molecule has 0 radical (unpaired) electrons. The van der Waals surface area contributed by atoms with E-state index in [0.717, 1.165) is 29.7 Å². The molecule has 0 saturated carbocycles. The first-order valence-electron chi connectivity index (χ1n) is 5.03. The Balaban J connectivity index is 2.08. The van der Waals surface area contributed by atoms with E-state index in [1.807, 2.05) is 25.2 Å². The van der Waals surface area contributed by atoms with Crippen LogP contribution < -0.4 is 9.64 Å². The number of fused-ring (bicyclic) bond motifs is 3. The molecule has 0 amide bonds. The fraction of sp³-hybridized carbons (Fsp3) is 0.364. The minimum atomic E-state index is 0.373. The molecule has 3 nitrogen and oxygen atoms in total. The van der Waals surface area contributed by atoms with Crippen LogP contribution in [0.15, 0.2) is 24.3 Å². The van der Waals surface area contributed by atoms with Gasteiger partial charge in [-0.05, 0) is 24.4 Å². The summed E-state index contributed by atoms with van der Waals surface area (Å²) in [6.45, 7) is 1.68. The van der Waals surface area contributed by atoms with E-state index in [9.17, 15) is 0 Å². The summed E-state index contributed by atoms with van der Waals surface area (Å²) >= 11 is 5.41. The van der Waals surface area contributed by atoms with E-state index >= 15 is 0 Å². The van der Waals surface area contributed by atoms with Crippen LogP contribution in [-0.2, 0) is 0 Å². The SMILES string of the molecule is CN1CC2COc3ccccc3N2C1=S. The second-order valence-corrected chi connectivity index (χ2v) is 4.33. The molecule has 0 aromatic heterocycles. The van der Waals surface area contributed by atoms with Crippen LogP contribution in [0.2, 0.25) is 0 Å². The molecule has 78 valence electrons. The highest BCUT2D eigenvalue weighted by atomic mass is 32.1. The van der Waals surface area contributed by atoms with Gasteiger partial charge in [-0.2, -0.15) is 0 Å². The zero-order chi connectivity index (χ0) is 10.4. The lowest BCUT2D eigenvalue weighted by atomic mass is 10.2. The lowest BCUT2D eigenvalue weighted by Gasteiger charge is -2.31. The highest BCUT2D eigenvalue weighted by Crippen LogP contribution is 2.36. The van der Waals surface area contributed by atoms with Crippen molar-refractivity contribution < 1.29 is 4.74 Å². The Morgan fingerprint density at radius 2 is 2.20 bits per heavy atom. The Morgan fingerprint density at radius 3 is 3.07 bits per heavy atom. The van der Waals surface area contributed by atoms with Gasteiger partial charge in [0, 0.05) is 13.6 Å². The lowest BCUT2D eigenvalue weighted by molar-refractivity contribution is 0.271. The Kier molecular flexibility index (Phi) is 1.85. The van der Waals surface area contributed by atoms with Crippen LogP contribution in [0.4, 0.5) is 5.69 Å². The number of anilines is 1. The molecule has 2 aliphatic rings. The van der Waals surface area contributed by atoms with Crippen LogP contribution in [-0.4, -0.2) is 36.3 Å². The molecule has 1 atom stereocenters. The monoisotopic (exact) mass is 220 g/mol. The fourth-order valence-corrected chi connectivity index (χ4v) is 2.53. The average molecular weight is 220 g/mol. The minimum absolute atomic E-state index is 0.373. The van der Waals surface area contributed by atoms with Crippen LogP contribution in [0.5, 0.6) is 5.75 Å². The van der Waals surface area contributed by atoms with Crippen molar-refractivity contribution in [2.75, 3.05) is 25.1 Å². The third kappa shape index (κ3) is 1.21. The molecule has 1 aromatic rings. The second kappa shape index (κ2) is 3.10. The summed E-state index contributed by atoms with van der Waals surface area (Å²) in [7, 11) is 2.03. The molecule has 4 heteroatoms. The summed E-state index contributed by atoms with van der Waals surface area (Å²) in [5.74, 6) is 0.936. The molecule has 1 aromatic carbocycles. The van der Waals surface area contributed by atoms with Crippen molar-refractivity contribution in [1.82, 2.24) is 4.90 Å². The van der Waals surface area contributed by atoms with E-state index in [-0.39, 0.29) is 0 Å². The molecule has 1 fully saturated rings. The second-order valence-electron chi connectivity index (χ2n) is 3.97. The maximum Gasteiger partial charge on any atom is 0.176 e. The van der Waals surface area contributed by atoms with Gasteiger partial charge in [0.15, 0.2) is 5.11 Å². The summed E-state index contributed by atoms with van der Waals surface area (Å²) in [5.41, 5.74) is 1.10. The number of nitrogens with zero attached hydrogens (tertiary/aromatic N) is 2. The lowest BCUT2D eigenvalue weighted by Crippen LogP contribution is -2.41. The van der Waals surface area contributed by atoms with E-state index in [1.54, 1.807) is 0 Å². The number of ether oxygens (including phenoxy) is 1. The van der Waals surface area contributed by atoms with E-state index in [1.165, 1.54) is 0 Å². The maximum atomic E-state index is 5.71. The largest absolute Gasteiger partial charge is 0.489 e. The molecular weight excluding hydrogens is 208 g/mol. The Hall–Kier alpha value is -1.29. The van der Waals surface area contributed by atoms with Crippen LogP contribution in [0.3, 0.4) is 0 Å². The van der Waals surface area contributed by atoms with Crippen molar-refractivity contribution >= 4 is 23.0 Å². The summed E-state index contributed by atoms with van der Waals surface area (Å²) < 4.78 is 5.71. The van der Waals surface area contributed by atoms with Crippen molar-refractivity contribution in [3.63, 3.8) is 0 Å². The molecule has 15 heavy (non-hydrogen) atoms. The number of hydrogen-bond donors (Lipinski definition) is 0. The number of hydrogen-bond acceptors (Lipinski definition) is 2. The maximum absolute atomic E-state index is 5.71. The zero-order valence-electron chi connectivity index (χ0n) is 8.51. The molecular formula is C11H12N2OS.